The van der Waals surface area contributed by atoms with Crippen LogP contribution in [0.4, 0.5) is 0 Å². The van der Waals surface area contributed by atoms with E-state index >= 15 is 0 Å². The Morgan fingerprint density at radius 1 is 1.28 bits per heavy atom. The van der Waals surface area contributed by atoms with E-state index in [0.717, 1.165) is 56.5 Å². The van der Waals surface area contributed by atoms with Crippen LogP contribution in [0.3, 0.4) is 0 Å². The molecule has 140 valence electrons. The molecule has 1 aliphatic heterocycles. The van der Waals surface area contributed by atoms with Crippen molar-refractivity contribution in [2.24, 2.45) is 0 Å². The minimum Gasteiger partial charge on any atom is -0.493 e. The summed E-state index contributed by atoms with van der Waals surface area (Å²) in [5.41, 5.74) is 2.27. The molecular formula is C20H32N2O3. The van der Waals surface area contributed by atoms with Crippen LogP contribution >= 0.6 is 0 Å². The SMILES string of the molecule is C=C(C)COc1cc(CNCC(C)(C)N2CCOCC2)ccc1OC. The number of nitrogens with one attached hydrogen (secondary N) is 1. The van der Waals surface area contributed by atoms with Gasteiger partial charge in [0, 0.05) is 31.7 Å². The molecule has 1 aromatic carbocycles. The molecule has 2 rings (SSSR count). The minimum atomic E-state index is 0.107. The molecule has 1 heterocycles. The second-order valence-electron chi connectivity index (χ2n) is 7.25. The van der Waals surface area contributed by atoms with Gasteiger partial charge in [0.15, 0.2) is 11.5 Å². The van der Waals surface area contributed by atoms with Crippen molar-refractivity contribution in [1.29, 1.82) is 0 Å². The summed E-state index contributed by atoms with van der Waals surface area (Å²) in [6.07, 6.45) is 0. The Bertz CT molecular complexity index is 566. The van der Waals surface area contributed by atoms with Crippen LogP contribution in [0.5, 0.6) is 11.5 Å². The zero-order valence-corrected chi connectivity index (χ0v) is 16.1. The quantitative estimate of drug-likeness (QED) is 0.695. The first-order chi connectivity index (χ1) is 11.9. The summed E-state index contributed by atoms with van der Waals surface area (Å²) < 4.78 is 16.6. The van der Waals surface area contributed by atoms with Crippen LogP contribution < -0.4 is 14.8 Å². The average Bonchev–Trinajstić information content (AvgIpc) is 2.60. The highest BCUT2D eigenvalue weighted by atomic mass is 16.5. The van der Waals surface area contributed by atoms with E-state index in [1.807, 2.05) is 19.1 Å². The molecule has 0 aliphatic carbocycles. The van der Waals surface area contributed by atoms with Crippen LogP contribution in [-0.2, 0) is 11.3 Å². The van der Waals surface area contributed by atoms with Crippen molar-refractivity contribution in [2.75, 3.05) is 46.6 Å². The van der Waals surface area contributed by atoms with Crippen molar-refractivity contribution in [3.8, 4) is 11.5 Å². The van der Waals surface area contributed by atoms with Gasteiger partial charge in [-0.2, -0.15) is 0 Å². The van der Waals surface area contributed by atoms with Crippen molar-refractivity contribution >= 4 is 0 Å². The fourth-order valence-electron chi connectivity index (χ4n) is 2.94. The Hall–Kier alpha value is -1.56. The van der Waals surface area contributed by atoms with Gasteiger partial charge >= 0.3 is 0 Å². The fourth-order valence-corrected chi connectivity index (χ4v) is 2.94. The number of methoxy groups -OCH3 is 1. The molecule has 1 aliphatic rings. The normalized spacial score (nSPS) is 15.8. The van der Waals surface area contributed by atoms with E-state index in [9.17, 15) is 0 Å². The Morgan fingerprint density at radius 3 is 2.64 bits per heavy atom. The van der Waals surface area contributed by atoms with Gasteiger partial charge in [0.1, 0.15) is 6.61 Å². The molecule has 1 saturated heterocycles. The molecule has 0 aromatic heterocycles. The predicted octanol–water partition coefficient (Wildman–Crippen LogP) is 2.85. The summed E-state index contributed by atoms with van der Waals surface area (Å²) in [6.45, 7) is 16.2. The second-order valence-corrected chi connectivity index (χ2v) is 7.25. The van der Waals surface area contributed by atoms with Crippen LogP contribution in [0, 0.1) is 0 Å². The highest BCUT2D eigenvalue weighted by molar-refractivity contribution is 5.43. The van der Waals surface area contributed by atoms with Gasteiger partial charge in [0.25, 0.3) is 0 Å². The molecule has 1 aromatic rings. The van der Waals surface area contributed by atoms with E-state index in [-0.39, 0.29) is 5.54 Å². The van der Waals surface area contributed by atoms with Gasteiger partial charge in [0.2, 0.25) is 0 Å². The van der Waals surface area contributed by atoms with Crippen molar-refractivity contribution in [3.63, 3.8) is 0 Å². The largest absolute Gasteiger partial charge is 0.493 e. The third-order valence-electron chi connectivity index (χ3n) is 4.46. The van der Waals surface area contributed by atoms with Gasteiger partial charge in [-0.15, -0.1) is 0 Å². The van der Waals surface area contributed by atoms with E-state index < -0.39 is 0 Å². The van der Waals surface area contributed by atoms with Crippen molar-refractivity contribution in [3.05, 3.63) is 35.9 Å². The van der Waals surface area contributed by atoms with Gasteiger partial charge in [-0.25, -0.2) is 0 Å². The summed E-state index contributed by atoms with van der Waals surface area (Å²) in [5, 5.41) is 3.57. The Balaban J connectivity index is 1.91. The maximum absolute atomic E-state index is 5.80. The van der Waals surface area contributed by atoms with E-state index in [1.54, 1.807) is 7.11 Å². The molecule has 0 spiro atoms. The number of hydrogen-bond acceptors (Lipinski definition) is 5. The molecular weight excluding hydrogens is 316 g/mol. The Morgan fingerprint density at radius 2 is 2.00 bits per heavy atom. The molecule has 1 N–H and O–H groups in total. The van der Waals surface area contributed by atoms with Crippen LogP contribution in [0.25, 0.3) is 0 Å². The first kappa shape index (κ1) is 19.8. The van der Waals surface area contributed by atoms with Crippen LogP contribution in [0.15, 0.2) is 30.4 Å². The number of rotatable bonds is 9. The minimum absolute atomic E-state index is 0.107. The van der Waals surface area contributed by atoms with Crippen molar-refractivity contribution < 1.29 is 14.2 Å². The molecule has 0 saturated carbocycles. The first-order valence-corrected chi connectivity index (χ1v) is 8.90. The lowest BCUT2D eigenvalue weighted by Crippen LogP contribution is -2.54. The lowest BCUT2D eigenvalue weighted by atomic mass is 10.0. The van der Waals surface area contributed by atoms with Gasteiger partial charge in [-0.3, -0.25) is 4.90 Å². The van der Waals surface area contributed by atoms with Gasteiger partial charge < -0.3 is 19.5 Å². The molecule has 5 nitrogen and oxygen atoms in total. The van der Waals surface area contributed by atoms with Crippen LogP contribution in [-0.4, -0.2) is 57.0 Å². The third-order valence-corrected chi connectivity index (χ3v) is 4.46. The van der Waals surface area contributed by atoms with Gasteiger partial charge in [-0.05, 0) is 44.0 Å². The van der Waals surface area contributed by atoms with E-state index in [0.29, 0.717) is 6.61 Å². The summed E-state index contributed by atoms with van der Waals surface area (Å²) >= 11 is 0. The standard InChI is InChI=1S/C20H32N2O3/c1-16(2)14-25-19-12-17(6-7-18(19)23-5)13-21-15-20(3,4)22-8-10-24-11-9-22/h6-7,12,21H,1,8-11,13-15H2,2-5H3. The zero-order valence-electron chi connectivity index (χ0n) is 16.1. The van der Waals surface area contributed by atoms with E-state index in [4.69, 9.17) is 14.2 Å². The zero-order chi connectivity index (χ0) is 18.3. The second kappa shape index (κ2) is 9.22. The highest BCUT2D eigenvalue weighted by Gasteiger charge is 2.27. The Kier molecular flexibility index (Phi) is 7.29. The third kappa shape index (κ3) is 6.03. The number of nitrogens with zero attached hydrogens (tertiary/aromatic N) is 1. The molecule has 1 fully saturated rings. The average molecular weight is 348 g/mol. The number of hydrogen-bond donors (Lipinski definition) is 1. The topological polar surface area (TPSA) is 43.0 Å². The number of benzene rings is 1. The van der Waals surface area contributed by atoms with Crippen molar-refractivity contribution in [2.45, 2.75) is 32.9 Å². The lowest BCUT2D eigenvalue weighted by Gasteiger charge is -2.41. The fraction of sp³-hybridized carbons (Fsp3) is 0.600. The van der Waals surface area contributed by atoms with E-state index in [2.05, 4.69) is 36.7 Å². The van der Waals surface area contributed by atoms with Crippen LogP contribution in [0.1, 0.15) is 26.3 Å². The number of ether oxygens (including phenoxy) is 3. The molecule has 25 heavy (non-hydrogen) atoms. The Labute approximate surface area is 151 Å². The summed E-state index contributed by atoms with van der Waals surface area (Å²) in [5.74, 6) is 1.51. The molecule has 5 heteroatoms. The number of morpholine rings is 1. The lowest BCUT2D eigenvalue weighted by molar-refractivity contribution is -0.00967. The predicted molar refractivity (Wildman–Crippen MR) is 101 cm³/mol. The summed E-state index contributed by atoms with van der Waals surface area (Å²) in [7, 11) is 1.66. The molecule has 0 amide bonds. The smallest absolute Gasteiger partial charge is 0.161 e. The molecule has 0 radical (unpaired) electrons. The molecule has 0 unspecified atom stereocenters. The maximum atomic E-state index is 5.80. The summed E-state index contributed by atoms with van der Waals surface area (Å²) in [6, 6.07) is 6.07. The van der Waals surface area contributed by atoms with Crippen LogP contribution in [0.2, 0.25) is 0 Å². The highest BCUT2D eigenvalue weighted by Crippen LogP contribution is 2.28. The van der Waals surface area contributed by atoms with E-state index in [1.165, 1.54) is 5.56 Å². The summed E-state index contributed by atoms with van der Waals surface area (Å²) in [4.78, 5) is 2.49. The molecule has 0 atom stereocenters. The van der Waals surface area contributed by atoms with Gasteiger partial charge in [-0.1, -0.05) is 12.6 Å². The molecule has 0 bridgehead atoms. The monoisotopic (exact) mass is 348 g/mol. The maximum Gasteiger partial charge on any atom is 0.161 e. The van der Waals surface area contributed by atoms with Gasteiger partial charge in [0.05, 0.1) is 20.3 Å². The first-order valence-electron chi connectivity index (χ1n) is 8.90. The van der Waals surface area contributed by atoms with Crippen molar-refractivity contribution in [1.82, 2.24) is 10.2 Å².